The summed E-state index contributed by atoms with van der Waals surface area (Å²) in [6.07, 6.45) is 5.00. The number of aromatic nitrogens is 3. The minimum absolute atomic E-state index is 0.140. The lowest BCUT2D eigenvalue weighted by Gasteiger charge is -2.17. The minimum atomic E-state index is -0.201. The predicted molar refractivity (Wildman–Crippen MR) is 104 cm³/mol. The van der Waals surface area contributed by atoms with E-state index in [4.69, 9.17) is 12.2 Å². The second-order valence-corrected chi connectivity index (χ2v) is 6.30. The van der Waals surface area contributed by atoms with Crippen LogP contribution in [0, 0.1) is 4.77 Å². The number of aromatic amines is 1. The van der Waals surface area contributed by atoms with Crippen molar-refractivity contribution in [3.05, 3.63) is 81.6 Å². The minimum Gasteiger partial charge on any atom is -0.337 e. The Morgan fingerprint density at radius 1 is 1.35 bits per heavy atom. The summed E-state index contributed by atoms with van der Waals surface area (Å²) in [7, 11) is 1.73. The zero-order valence-electron chi connectivity index (χ0n) is 14.3. The first-order valence-electron chi connectivity index (χ1n) is 8.03. The topological polar surface area (TPSA) is 71.0 Å². The van der Waals surface area contributed by atoms with Gasteiger partial charge in [0, 0.05) is 38.1 Å². The monoisotopic (exact) mass is 366 g/mol. The average Bonchev–Trinajstić information content (AvgIpc) is 2.65. The van der Waals surface area contributed by atoms with Gasteiger partial charge in [-0.25, -0.2) is 0 Å². The first kappa shape index (κ1) is 17.8. The van der Waals surface area contributed by atoms with Crippen LogP contribution in [0.25, 0.3) is 10.9 Å². The molecule has 0 atom stereocenters. The molecule has 0 saturated heterocycles. The number of hydrogen-bond donors (Lipinski definition) is 1. The van der Waals surface area contributed by atoms with Crippen molar-refractivity contribution in [3.8, 4) is 0 Å². The van der Waals surface area contributed by atoms with E-state index in [0.29, 0.717) is 34.3 Å². The maximum atomic E-state index is 12.7. The highest BCUT2D eigenvalue weighted by molar-refractivity contribution is 7.71. The van der Waals surface area contributed by atoms with Crippen molar-refractivity contribution < 1.29 is 4.79 Å². The Morgan fingerprint density at radius 2 is 2.08 bits per heavy atom. The van der Waals surface area contributed by atoms with E-state index in [1.165, 1.54) is 4.57 Å². The molecule has 2 aromatic heterocycles. The van der Waals surface area contributed by atoms with E-state index in [9.17, 15) is 9.59 Å². The third kappa shape index (κ3) is 3.48. The molecular formula is C19H18N4O2S. The molecule has 26 heavy (non-hydrogen) atoms. The molecule has 0 bridgehead atoms. The molecular weight excluding hydrogens is 348 g/mol. The maximum Gasteiger partial charge on any atom is 0.262 e. The van der Waals surface area contributed by atoms with Crippen LogP contribution in [-0.4, -0.2) is 32.4 Å². The van der Waals surface area contributed by atoms with Gasteiger partial charge in [-0.15, -0.1) is 6.58 Å². The molecule has 0 aliphatic rings. The Bertz CT molecular complexity index is 1090. The van der Waals surface area contributed by atoms with Crippen molar-refractivity contribution in [2.24, 2.45) is 0 Å². The maximum absolute atomic E-state index is 12.7. The fraction of sp³-hybridized carbons (Fsp3) is 0.158. The van der Waals surface area contributed by atoms with Gasteiger partial charge in [0.15, 0.2) is 4.77 Å². The van der Waals surface area contributed by atoms with Crippen molar-refractivity contribution in [3.63, 3.8) is 0 Å². The average molecular weight is 366 g/mol. The summed E-state index contributed by atoms with van der Waals surface area (Å²) in [6, 6.07) is 8.70. The molecule has 0 aliphatic heterocycles. The molecule has 0 aliphatic carbocycles. The lowest BCUT2D eigenvalue weighted by molar-refractivity contribution is 0.0785. The van der Waals surface area contributed by atoms with Gasteiger partial charge in [0.05, 0.1) is 10.9 Å². The Hall–Kier alpha value is -3.06. The number of carbonyl (C=O) groups is 1. The number of amides is 1. The van der Waals surface area contributed by atoms with Gasteiger partial charge < -0.3 is 9.88 Å². The number of allylic oxidation sites excluding steroid dienone is 1. The van der Waals surface area contributed by atoms with E-state index in [1.807, 2.05) is 12.1 Å². The zero-order chi connectivity index (χ0) is 18.7. The number of pyridine rings is 1. The summed E-state index contributed by atoms with van der Waals surface area (Å²) in [5.74, 6) is -0.140. The van der Waals surface area contributed by atoms with E-state index in [2.05, 4.69) is 16.5 Å². The molecule has 1 aromatic carbocycles. The van der Waals surface area contributed by atoms with Crippen molar-refractivity contribution >= 4 is 29.0 Å². The molecule has 0 saturated carbocycles. The van der Waals surface area contributed by atoms with Crippen LogP contribution < -0.4 is 5.56 Å². The number of fused-ring (bicyclic) bond motifs is 1. The van der Waals surface area contributed by atoms with E-state index in [0.717, 1.165) is 5.56 Å². The van der Waals surface area contributed by atoms with Crippen molar-refractivity contribution in [1.82, 2.24) is 19.4 Å². The third-order valence-electron chi connectivity index (χ3n) is 4.06. The summed E-state index contributed by atoms with van der Waals surface area (Å²) in [4.78, 5) is 33.8. The molecule has 0 fully saturated rings. The van der Waals surface area contributed by atoms with Crippen molar-refractivity contribution in [2.75, 3.05) is 7.05 Å². The normalized spacial score (nSPS) is 10.7. The summed E-state index contributed by atoms with van der Waals surface area (Å²) in [5.41, 5.74) is 1.82. The van der Waals surface area contributed by atoms with Crippen LogP contribution in [0.5, 0.6) is 0 Å². The first-order valence-corrected chi connectivity index (χ1v) is 8.44. The van der Waals surface area contributed by atoms with Crippen LogP contribution in [0.1, 0.15) is 15.9 Å². The molecule has 0 spiro atoms. The van der Waals surface area contributed by atoms with Crippen LogP contribution in [0.2, 0.25) is 0 Å². The lowest BCUT2D eigenvalue weighted by Crippen LogP contribution is -2.26. The van der Waals surface area contributed by atoms with Crippen LogP contribution in [0.3, 0.4) is 0 Å². The molecule has 0 radical (unpaired) electrons. The number of rotatable bonds is 5. The number of nitrogens with zero attached hydrogens (tertiary/aromatic N) is 3. The summed E-state index contributed by atoms with van der Waals surface area (Å²) >= 11 is 5.24. The van der Waals surface area contributed by atoms with E-state index in [-0.39, 0.29) is 11.5 Å². The second-order valence-electron chi connectivity index (χ2n) is 5.91. The fourth-order valence-corrected chi connectivity index (χ4v) is 3.00. The van der Waals surface area contributed by atoms with Crippen LogP contribution in [0.4, 0.5) is 0 Å². The van der Waals surface area contributed by atoms with Gasteiger partial charge in [0.2, 0.25) is 0 Å². The summed E-state index contributed by atoms with van der Waals surface area (Å²) in [5, 5.41) is 0.480. The molecule has 3 rings (SSSR count). The largest absolute Gasteiger partial charge is 0.337 e. The first-order chi connectivity index (χ1) is 12.5. The molecule has 0 unspecified atom stereocenters. The number of hydrogen-bond acceptors (Lipinski definition) is 4. The number of H-pyrrole nitrogens is 1. The molecule has 132 valence electrons. The lowest BCUT2D eigenvalue weighted by atomic mass is 10.1. The second kappa shape index (κ2) is 7.45. The van der Waals surface area contributed by atoms with Crippen LogP contribution in [-0.2, 0) is 13.1 Å². The third-order valence-corrected chi connectivity index (χ3v) is 4.38. The molecule has 1 amide bonds. The van der Waals surface area contributed by atoms with E-state index < -0.39 is 0 Å². The Morgan fingerprint density at radius 3 is 2.77 bits per heavy atom. The van der Waals surface area contributed by atoms with Crippen molar-refractivity contribution in [2.45, 2.75) is 13.1 Å². The quantitative estimate of drug-likeness (QED) is 0.557. The highest BCUT2D eigenvalue weighted by Gasteiger charge is 2.14. The van der Waals surface area contributed by atoms with E-state index in [1.54, 1.807) is 48.6 Å². The summed E-state index contributed by atoms with van der Waals surface area (Å²) in [6.45, 7) is 4.44. The van der Waals surface area contributed by atoms with Crippen LogP contribution >= 0.6 is 12.2 Å². The predicted octanol–water partition coefficient (Wildman–Crippen LogP) is 2.91. The Labute approximate surface area is 155 Å². The van der Waals surface area contributed by atoms with Gasteiger partial charge in [-0.2, -0.15) is 0 Å². The number of benzene rings is 1. The fourth-order valence-electron chi connectivity index (χ4n) is 2.74. The smallest absolute Gasteiger partial charge is 0.262 e. The van der Waals surface area contributed by atoms with Gasteiger partial charge in [0.1, 0.15) is 0 Å². The highest BCUT2D eigenvalue weighted by Crippen LogP contribution is 2.14. The molecule has 7 heteroatoms. The van der Waals surface area contributed by atoms with Gasteiger partial charge in [-0.1, -0.05) is 6.08 Å². The Kier molecular flexibility index (Phi) is 5.09. The van der Waals surface area contributed by atoms with Gasteiger partial charge >= 0.3 is 0 Å². The van der Waals surface area contributed by atoms with Crippen LogP contribution in [0.15, 0.2) is 60.2 Å². The highest BCUT2D eigenvalue weighted by atomic mass is 32.1. The zero-order valence-corrected chi connectivity index (χ0v) is 15.1. The SMILES string of the molecule is C=CCn1c(=S)[nH]c2cc(C(=O)N(C)Cc3ccncc3)ccc2c1=O. The summed E-state index contributed by atoms with van der Waals surface area (Å²) < 4.78 is 1.74. The molecule has 6 nitrogen and oxygen atoms in total. The van der Waals surface area contributed by atoms with Gasteiger partial charge in [-0.3, -0.25) is 19.1 Å². The molecule has 2 heterocycles. The molecule has 1 N–H and O–H groups in total. The van der Waals surface area contributed by atoms with Gasteiger partial charge in [0.25, 0.3) is 11.5 Å². The number of nitrogens with one attached hydrogen (secondary N) is 1. The molecule has 3 aromatic rings. The van der Waals surface area contributed by atoms with E-state index >= 15 is 0 Å². The Balaban J connectivity index is 1.94. The number of carbonyl (C=O) groups excluding carboxylic acids is 1. The standard InChI is InChI=1S/C19H18N4O2S/c1-3-10-23-18(25)15-5-4-14(11-16(15)21-19(23)26)17(24)22(2)12-13-6-8-20-9-7-13/h3-9,11H,1,10,12H2,2H3,(H,21,26). The van der Waals surface area contributed by atoms with Crippen molar-refractivity contribution in [1.29, 1.82) is 0 Å². The van der Waals surface area contributed by atoms with Gasteiger partial charge in [-0.05, 0) is 48.1 Å².